The number of nitrogens with one attached hydrogen (secondary N) is 1. The smallest absolute Gasteiger partial charge is 0.347 e. The number of methoxy groups -OCH3 is 1. The fraction of sp³-hybridized carbons (Fsp3) is 0.455. The number of hydrogen-bond acceptors (Lipinski definition) is 8. The summed E-state index contributed by atoms with van der Waals surface area (Å²) in [5.74, 6) is -1.26. The zero-order chi connectivity index (χ0) is 25.3. The van der Waals surface area contributed by atoms with E-state index in [0.717, 1.165) is 11.3 Å². The van der Waals surface area contributed by atoms with Gasteiger partial charge in [0.15, 0.2) is 18.4 Å². The van der Waals surface area contributed by atoms with Gasteiger partial charge in [0.1, 0.15) is 11.6 Å². The van der Waals surface area contributed by atoms with Crippen LogP contribution in [0.4, 0.5) is 11.5 Å². The number of amides is 1. The molecule has 0 aliphatic heterocycles. The second-order valence-corrected chi connectivity index (χ2v) is 7.79. The van der Waals surface area contributed by atoms with Crippen LogP contribution in [0.3, 0.4) is 0 Å². The monoisotopic (exact) mass is 496 g/mol. The van der Waals surface area contributed by atoms with E-state index in [-0.39, 0.29) is 31.2 Å². The molecular formula is C22H29ClN4O7. The van der Waals surface area contributed by atoms with E-state index in [1.54, 1.807) is 24.3 Å². The average molecular weight is 497 g/mol. The number of rotatable bonds is 12. The number of hydrogen-bond donors (Lipinski definition) is 2. The number of carbonyl (C=O) groups excluding carboxylic acids is 2. The Kier molecular flexibility index (Phi) is 10.1. The molecule has 0 bridgehead atoms. The van der Waals surface area contributed by atoms with E-state index in [1.807, 2.05) is 6.92 Å². The lowest BCUT2D eigenvalue weighted by Gasteiger charge is -2.24. The van der Waals surface area contributed by atoms with Crippen LogP contribution in [0.25, 0.3) is 0 Å². The first-order valence-corrected chi connectivity index (χ1v) is 11.1. The maximum atomic E-state index is 12.9. The van der Waals surface area contributed by atoms with E-state index >= 15 is 0 Å². The van der Waals surface area contributed by atoms with Crippen LogP contribution >= 0.6 is 11.6 Å². The highest BCUT2D eigenvalue weighted by molar-refractivity contribution is 6.30. The summed E-state index contributed by atoms with van der Waals surface area (Å²) in [6.07, 6.45) is 0.426. The Morgan fingerprint density at radius 3 is 2.53 bits per heavy atom. The minimum Gasteiger partial charge on any atom is -0.479 e. The number of halogens is 1. The first-order chi connectivity index (χ1) is 16.2. The molecule has 2 rings (SSSR count). The van der Waals surface area contributed by atoms with Crippen LogP contribution in [-0.2, 0) is 25.6 Å². The number of aromatic amines is 1. The fourth-order valence-corrected chi connectivity index (χ4v) is 3.14. The van der Waals surface area contributed by atoms with Gasteiger partial charge in [0.05, 0.1) is 6.61 Å². The number of nitrogens with zero attached hydrogens (tertiary/aromatic N) is 2. The predicted molar refractivity (Wildman–Crippen MR) is 127 cm³/mol. The minimum atomic E-state index is -1.01. The molecule has 1 amide bonds. The Bertz CT molecular complexity index is 1100. The first-order valence-electron chi connectivity index (χ1n) is 10.7. The number of carbonyl (C=O) groups is 2. The van der Waals surface area contributed by atoms with E-state index in [0.29, 0.717) is 17.2 Å². The molecule has 1 aromatic heterocycles. The molecule has 0 saturated carbocycles. The molecule has 0 spiro atoms. The van der Waals surface area contributed by atoms with Gasteiger partial charge in [-0.05, 0) is 37.6 Å². The third kappa shape index (κ3) is 7.09. The second-order valence-electron chi connectivity index (χ2n) is 7.36. The molecule has 1 atom stereocenters. The van der Waals surface area contributed by atoms with Crippen molar-refractivity contribution in [2.75, 3.05) is 37.5 Å². The zero-order valence-corrected chi connectivity index (χ0v) is 20.1. The number of nitrogens with two attached hydrogens (primary N) is 1. The maximum absolute atomic E-state index is 12.9. The highest BCUT2D eigenvalue weighted by Gasteiger charge is 2.26. The Balaban J connectivity index is 2.18. The third-order valence-corrected chi connectivity index (χ3v) is 5.09. The molecule has 0 saturated heterocycles. The topological polar surface area (TPSA) is 146 Å². The van der Waals surface area contributed by atoms with Crippen molar-refractivity contribution < 1.29 is 23.8 Å². The molecule has 1 heterocycles. The highest BCUT2D eigenvalue weighted by Crippen LogP contribution is 2.19. The molecule has 186 valence electrons. The fourth-order valence-electron chi connectivity index (χ4n) is 3.01. The van der Waals surface area contributed by atoms with Crippen LogP contribution in [0.15, 0.2) is 33.9 Å². The normalized spacial score (nSPS) is 11.6. The first kappa shape index (κ1) is 26.9. The van der Waals surface area contributed by atoms with Crippen molar-refractivity contribution in [3.8, 4) is 5.75 Å². The van der Waals surface area contributed by atoms with Crippen LogP contribution in [0.2, 0.25) is 5.02 Å². The van der Waals surface area contributed by atoms with Crippen LogP contribution in [0, 0.1) is 0 Å². The molecule has 0 fully saturated rings. The van der Waals surface area contributed by atoms with Crippen molar-refractivity contribution in [2.24, 2.45) is 0 Å². The molecule has 0 aliphatic rings. The summed E-state index contributed by atoms with van der Waals surface area (Å²) in [5, 5.41) is 0.514. The Labute approximate surface area is 201 Å². The Morgan fingerprint density at radius 1 is 1.24 bits per heavy atom. The lowest BCUT2D eigenvalue weighted by Crippen LogP contribution is -2.44. The van der Waals surface area contributed by atoms with E-state index in [4.69, 9.17) is 31.5 Å². The van der Waals surface area contributed by atoms with Crippen molar-refractivity contribution in [1.82, 2.24) is 9.55 Å². The van der Waals surface area contributed by atoms with E-state index in [1.165, 1.54) is 18.6 Å². The van der Waals surface area contributed by atoms with E-state index in [2.05, 4.69) is 4.98 Å². The van der Waals surface area contributed by atoms with Crippen LogP contribution in [0.1, 0.15) is 26.7 Å². The van der Waals surface area contributed by atoms with Crippen LogP contribution in [0.5, 0.6) is 5.75 Å². The highest BCUT2D eigenvalue weighted by atomic mass is 35.5. The van der Waals surface area contributed by atoms with Crippen molar-refractivity contribution in [1.29, 1.82) is 0 Å². The van der Waals surface area contributed by atoms with Crippen molar-refractivity contribution >= 4 is 35.0 Å². The number of H-pyrrole nitrogens is 1. The summed E-state index contributed by atoms with van der Waals surface area (Å²) in [5.41, 5.74) is 4.40. The Morgan fingerprint density at radius 2 is 1.91 bits per heavy atom. The minimum absolute atomic E-state index is 0.0526. The molecule has 12 heteroatoms. The summed E-state index contributed by atoms with van der Waals surface area (Å²) >= 11 is 5.83. The van der Waals surface area contributed by atoms with Gasteiger partial charge in [-0.3, -0.25) is 24.0 Å². The van der Waals surface area contributed by atoms with Crippen LogP contribution < -0.4 is 26.6 Å². The van der Waals surface area contributed by atoms with Gasteiger partial charge in [-0.25, -0.2) is 9.59 Å². The average Bonchev–Trinajstić information content (AvgIpc) is 2.80. The van der Waals surface area contributed by atoms with Crippen molar-refractivity contribution in [2.45, 2.75) is 39.3 Å². The predicted octanol–water partition coefficient (Wildman–Crippen LogP) is 1.56. The van der Waals surface area contributed by atoms with Gasteiger partial charge in [0.2, 0.25) is 0 Å². The number of benzene rings is 1. The van der Waals surface area contributed by atoms with Gasteiger partial charge in [-0.15, -0.1) is 0 Å². The largest absolute Gasteiger partial charge is 0.479 e. The molecule has 3 N–H and O–H groups in total. The summed E-state index contributed by atoms with van der Waals surface area (Å²) in [4.78, 5) is 53.2. The van der Waals surface area contributed by atoms with Gasteiger partial charge in [-0.1, -0.05) is 24.9 Å². The lowest BCUT2D eigenvalue weighted by atomic mass is 10.3. The standard InChI is InChI=1S/C22H29ClN4O7/c1-4-5-10-27-19(24)18(20(29)25-22(27)31)26(11-12-32-3)17(28)13-33-21(30)14(2)34-16-8-6-15(23)7-9-16/h6-9,14H,4-5,10-13,24H2,1-3H3,(H,25,29,31)/t14-/m1/s1. The molecule has 0 aliphatic carbocycles. The van der Waals surface area contributed by atoms with Gasteiger partial charge >= 0.3 is 11.7 Å². The molecule has 1 aromatic carbocycles. The van der Waals surface area contributed by atoms with Crippen LogP contribution in [-0.4, -0.2) is 54.4 Å². The van der Waals surface area contributed by atoms with Crippen molar-refractivity contribution in [3.63, 3.8) is 0 Å². The SMILES string of the molecule is CCCCn1c(N)c(N(CCOC)C(=O)COC(=O)[C@@H](C)Oc2ccc(Cl)cc2)c(=O)[nH]c1=O. The second kappa shape index (κ2) is 12.8. The van der Waals surface area contributed by atoms with Crippen molar-refractivity contribution in [3.05, 3.63) is 50.1 Å². The number of esters is 1. The number of anilines is 2. The van der Waals surface area contributed by atoms with Gasteiger partial charge in [-0.2, -0.15) is 0 Å². The zero-order valence-electron chi connectivity index (χ0n) is 19.3. The number of ether oxygens (including phenoxy) is 3. The number of aromatic nitrogens is 2. The maximum Gasteiger partial charge on any atom is 0.347 e. The quantitative estimate of drug-likeness (QED) is 0.421. The number of unbranched alkanes of at least 4 members (excludes halogenated alkanes) is 1. The molecule has 11 nitrogen and oxygen atoms in total. The molecule has 2 aromatic rings. The van der Waals surface area contributed by atoms with E-state index < -0.39 is 35.8 Å². The van der Waals surface area contributed by atoms with Gasteiger partial charge < -0.3 is 19.9 Å². The lowest BCUT2D eigenvalue weighted by molar-refractivity contribution is -0.154. The third-order valence-electron chi connectivity index (χ3n) is 4.84. The van der Waals surface area contributed by atoms with Gasteiger partial charge in [0, 0.05) is 25.2 Å². The molecular weight excluding hydrogens is 468 g/mol. The van der Waals surface area contributed by atoms with E-state index in [9.17, 15) is 19.2 Å². The Hall–Kier alpha value is -3.31. The number of nitrogen functional groups attached to an aromatic ring is 1. The molecule has 0 radical (unpaired) electrons. The summed E-state index contributed by atoms with van der Waals surface area (Å²) in [6, 6.07) is 6.39. The van der Waals surface area contributed by atoms with Gasteiger partial charge in [0.25, 0.3) is 11.5 Å². The summed E-state index contributed by atoms with van der Waals surface area (Å²) < 4.78 is 16.8. The molecule has 0 unspecified atom stereocenters. The summed E-state index contributed by atoms with van der Waals surface area (Å²) in [6.45, 7) is 3.02. The summed E-state index contributed by atoms with van der Waals surface area (Å²) in [7, 11) is 1.42. The molecule has 34 heavy (non-hydrogen) atoms.